The molecule has 0 aliphatic carbocycles. The van der Waals surface area contributed by atoms with Gasteiger partial charge in [-0.3, -0.25) is 0 Å². The molecule has 2 rings (SSSR count). The lowest BCUT2D eigenvalue weighted by molar-refractivity contribution is 0.496. The van der Waals surface area contributed by atoms with E-state index in [1.54, 1.807) is 0 Å². The quantitative estimate of drug-likeness (QED) is 0.852. The molecular formula is C14H21N3. The van der Waals surface area contributed by atoms with Crippen molar-refractivity contribution < 1.29 is 0 Å². The van der Waals surface area contributed by atoms with Crippen molar-refractivity contribution in [2.45, 2.75) is 40.2 Å². The molecule has 3 heteroatoms. The maximum absolute atomic E-state index is 6.14. The average Bonchev–Trinajstić information content (AvgIpc) is 2.60. The lowest BCUT2D eigenvalue weighted by Gasteiger charge is -2.10. The van der Waals surface area contributed by atoms with Crippen LogP contribution in [0, 0.1) is 19.8 Å². The molecular weight excluding hydrogens is 210 g/mol. The number of nitrogens with one attached hydrogen (secondary N) is 1. The van der Waals surface area contributed by atoms with E-state index in [-0.39, 0.29) is 6.04 Å². The highest BCUT2D eigenvalue weighted by molar-refractivity contribution is 5.77. The highest BCUT2D eigenvalue weighted by Crippen LogP contribution is 2.22. The third-order valence-electron chi connectivity index (χ3n) is 3.19. The maximum atomic E-state index is 6.14. The van der Waals surface area contributed by atoms with Gasteiger partial charge in [-0.1, -0.05) is 13.8 Å². The second-order valence-electron chi connectivity index (χ2n) is 5.31. The van der Waals surface area contributed by atoms with Crippen molar-refractivity contribution in [2.24, 2.45) is 11.7 Å². The zero-order chi connectivity index (χ0) is 12.6. The molecule has 1 atom stereocenters. The van der Waals surface area contributed by atoms with Crippen LogP contribution in [0.1, 0.15) is 43.3 Å². The molecule has 17 heavy (non-hydrogen) atoms. The number of nitrogens with zero attached hydrogens (tertiary/aromatic N) is 1. The molecule has 0 bridgehead atoms. The molecule has 1 heterocycles. The van der Waals surface area contributed by atoms with Gasteiger partial charge < -0.3 is 10.7 Å². The normalized spacial score (nSPS) is 13.5. The van der Waals surface area contributed by atoms with Crippen molar-refractivity contribution in [3.8, 4) is 0 Å². The molecule has 1 unspecified atom stereocenters. The fourth-order valence-corrected chi connectivity index (χ4v) is 2.08. The highest BCUT2D eigenvalue weighted by Gasteiger charge is 2.13. The third-order valence-corrected chi connectivity index (χ3v) is 3.19. The summed E-state index contributed by atoms with van der Waals surface area (Å²) in [6.45, 7) is 8.58. The van der Waals surface area contributed by atoms with Crippen LogP contribution in [0.5, 0.6) is 0 Å². The molecule has 0 spiro atoms. The molecule has 0 fully saturated rings. The van der Waals surface area contributed by atoms with Gasteiger partial charge in [0.2, 0.25) is 0 Å². The summed E-state index contributed by atoms with van der Waals surface area (Å²) in [6.07, 6.45) is 0.956. The van der Waals surface area contributed by atoms with Crippen molar-refractivity contribution in [1.29, 1.82) is 0 Å². The lowest BCUT2D eigenvalue weighted by atomic mass is 10.0. The van der Waals surface area contributed by atoms with Crippen LogP contribution in [0.3, 0.4) is 0 Å². The molecule has 0 aliphatic rings. The second kappa shape index (κ2) is 4.49. The van der Waals surface area contributed by atoms with Crippen LogP contribution in [0.4, 0.5) is 0 Å². The molecule has 3 nitrogen and oxygen atoms in total. The van der Waals surface area contributed by atoms with Gasteiger partial charge in [0.25, 0.3) is 0 Å². The number of benzene rings is 1. The number of nitrogens with two attached hydrogens (primary N) is 1. The Morgan fingerprint density at radius 2 is 1.88 bits per heavy atom. The van der Waals surface area contributed by atoms with Crippen LogP contribution < -0.4 is 5.73 Å². The SMILES string of the molecule is Cc1cc2nc(C(N)CC(C)C)[nH]c2cc1C. The van der Waals surface area contributed by atoms with Crippen molar-refractivity contribution in [1.82, 2.24) is 9.97 Å². The third kappa shape index (κ3) is 2.50. The van der Waals surface area contributed by atoms with Gasteiger partial charge in [0.1, 0.15) is 5.82 Å². The average molecular weight is 231 g/mol. The molecule has 0 saturated carbocycles. The zero-order valence-electron chi connectivity index (χ0n) is 11.0. The number of rotatable bonds is 3. The van der Waals surface area contributed by atoms with Crippen LogP contribution in [0.2, 0.25) is 0 Å². The van der Waals surface area contributed by atoms with Gasteiger partial charge in [0, 0.05) is 0 Å². The number of H-pyrrole nitrogens is 1. The number of aromatic nitrogens is 2. The van der Waals surface area contributed by atoms with E-state index >= 15 is 0 Å². The fourth-order valence-electron chi connectivity index (χ4n) is 2.08. The summed E-state index contributed by atoms with van der Waals surface area (Å²) in [6, 6.07) is 4.26. The molecule has 0 aliphatic heterocycles. The van der Waals surface area contributed by atoms with E-state index in [0.717, 1.165) is 23.3 Å². The largest absolute Gasteiger partial charge is 0.341 e. The van der Waals surface area contributed by atoms with E-state index in [0.29, 0.717) is 5.92 Å². The standard InChI is InChI=1S/C14H21N3/c1-8(2)5-11(15)14-16-12-6-9(3)10(4)7-13(12)17-14/h6-8,11H,5,15H2,1-4H3,(H,16,17). The van der Waals surface area contributed by atoms with Crippen LogP contribution in [-0.2, 0) is 0 Å². The minimum absolute atomic E-state index is 0.00279. The number of imidazole rings is 1. The van der Waals surface area contributed by atoms with Crippen molar-refractivity contribution in [3.05, 3.63) is 29.1 Å². The van der Waals surface area contributed by atoms with Crippen molar-refractivity contribution in [3.63, 3.8) is 0 Å². The van der Waals surface area contributed by atoms with Gasteiger partial charge in [-0.2, -0.15) is 0 Å². The Balaban J connectivity index is 2.37. The van der Waals surface area contributed by atoms with Crippen LogP contribution in [0.25, 0.3) is 11.0 Å². The minimum Gasteiger partial charge on any atom is -0.341 e. The molecule has 0 amide bonds. The Hall–Kier alpha value is -1.35. The van der Waals surface area contributed by atoms with E-state index in [2.05, 4.69) is 49.8 Å². The van der Waals surface area contributed by atoms with Gasteiger partial charge in [-0.15, -0.1) is 0 Å². The summed E-state index contributed by atoms with van der Waals surface area (Å²) in [5.41, 5.74) is 10.8. The summed E-state index contributed by atoms with van der Waals surface area (Å²) < 4.78 is 0. The van der Waals surface area contributed by atoms with Crippen molar-refractivity contribution >= 4 is 11.0 Å². The predicted octanol–water partition coefficient (Wildman–Crippen LogP) is 3.23. The topological polar surface area (TPSA) is 54.7 Å². The zero-order valence-corrected chi connectivity index (χ0v) is 11.0. The van der Waals surface area contributed by atoms with Gasteiger partial charge >= 0.3 is 0 Å². The summed E-state index contributed by atoms with van der Waals surface area (Å²) in [7, 11) is 0. The van der Waals surface area contributed by atoms with E-state index in [1.807, 2.05) is 0 Å². The highest BCUT2D eigenvalue weighted by atomic mass is 15.0. The molecule has 2 aromatic rings. The molecule has 3 N–H and O–H groups in total. The summed E-state index contributed by atoms with van der Waals surface area (Å²) in [4.78, 5) is 7.92. The van der Waals surface area contributed by atoms with E-state index in [9.17, 15) is 0 Å². The predicted molar refractivity (Wildman–Crippen MR) is 72.0 cm³/mol. The van der Waals surface area contributed by atoms with E-state index in [4.69, 9.17) is 5.73 Å². The van der Waals surface area contributed by atoms with Gasteiger partial charge in [-0.05, 0) is 49.4 Å². The maximum Gasteiger partial charge on any atom is 0.124 e. The Morgan fingerprint density at radius 3 is 2.53 bits per heavy atom. The first-order valence-electron chi connectivity index (χ1n) is 6.20. The number of fused-ring (bicyclic) bond motifs is 1. The fraction of sp³-hybridized carbons (Fsp3) is 0.500. The Labute approximate surface area is 102 Å². The molecule has 92 valence electrons. The van der Waals surface area contributed by atoms with E-state index < -0.39 is 0 Å². The summed E-state index contributed by atoms with van der Waals surface area (Å²) in [5, 5.41) is 0. The van der Waals surface area contributed by atoms with Crippen LogP contribution in [-0.4, -0.2) is 9.97 Å². The Morgan fingerprint density at radius 1 is 1.24 bits per heavy atom. The summed E-state index contributed by atoms with van der Waals surface area (Å²) >= 11 is 0. The smallest absolute Gasteiger partial charge is 0.124 e. The molecule has 0 radical (unpaired) electrons. The number of aromatic amines is 1. The Kier molecular flexibility index (Phi) is 3.20. The monoisotopic (exact) mass is 231 g/mol. The number of hydrogen-bond donors (Lipinski definition) is 2. The van der Waals surface area contributed by atoms with Gasteiger partial charge in [-0.25, -0.2) is 4.98 Å². The first kappa shape index (κ1) is 12.1. The first-order valence-corrected chi connectivity index (χ1v) is 6.20. The first-order chi connectivity index (χ1) is 7.97. The molecule has 0 saturated heterocycles. The minimum atomic E-state index is 0.00279. The van der Waals surface area contributed by atoms with Crippen LogP contribution >= 0.6 is 0 Å². The number of hydrogen-bond acceptors (Lipinski definition) is 2. The summed E-state index contributed by atoms with van der Waals surface area (Å²) in [5.74, 6) is 1.49. The van der Waals surface area contributed by atoms with E-state index in [1.165, 1.54) is 11.1 Å². The van der Waals surface area contributed by atoms with Crippen LogP contribution in [0.15, 0.2) is 12.1 Å². The lowest BCUT2D eigenvalue weighted by Crippen LogP contribution is -2.14. The second-order valence-corrected chi connectivity index (χ2v) is 5.31. The molecule has 1 aromatic carbocycles. The Bertz CT molecular complexity index is 486. The van der Waals surface area contributed by atoms with Gasteiger partial charge in [0.05, 0.1) is 17.1 Å². The van der Waals surface area contributed by atoms with Gasteiger partial charge in [0.15, 0.2) is 0 Å². The number of aryl methyl sites for hydroxylation is 2. The molecule has 1 aromatic heterocycles. The van der Waals surface area contributed by atoms with Crippen molar-refractivity contribution in [2.75, 3.05) is 0 Å².